The molecule has 3 amide bonds. The van der Waals surface area contributed by atoms with E-state index in [4.69, 9.17) is 4.74 Å². The average molecular weight is 411 g/mol. The van der Waals surface area contributed by atoms with Gasteiger partial charge in [-0.15, -0.1) is 0 Å². The van der Waals surface area contributed by atoms with Crippen LogP contribution >= 0.6 is 11.5 Å². The summed E-state index contributed by atoms with van der Waals surface area (Å²) in [6.07, 6.45) is 0. The van der Waals surface area contributed by atoms with Gasteiger partial charge in [-0.05, 0) is 24.5 Å². The summed E-state index contributed by atoms with van der Waals surface area (Å²) in [5.41, 5.74) is 5.46. The third-order valence-electron chi connectivity index (χ3n) is 4.38. The van der Waals surface area contributed by atoms with Gasteiger partial charge in [0, 0.05) is 37.2 Å². The molecule has 2 heterocycles. The number of carbonyl (C=O) groups is 2. The number of nitrogens with one attached hydrogen (secondary N) is 3. The fraction of sp³-hybridized carbons (Fsp3) is 0.353. The lowest BCUT2D eigenvalue weighted by molar-refractivity contribution is -0.128. The zero-order valence-electron chi connectivity index (χ0n) is 15.4. The molecule has 28 heavy (non-hydrogen) atoms. The van der Waals surface area contributed by atoms with Gasteiger partial charge in [-0.1, -0.05) is 0 Å². The number of urea groups is 1. The molecule has 0 bridgehead atoms. The summed E-state index contributed by atoms with van der Waals surface area (Å²) in [5.74, 6) is -2.83. The number of nitrogens with zero attached hydrogens (tertiary/aromatic N) is 2. The van der Waals surface area contributed by atoms with Gasteiger partial charge < -0.3 is 9.64 Å². The molecule has 1 saturated heterocycles. The highest BCUT2D eigenvalue weighted by atomic mass is 32.1. The normalized spacial score (nSPS) is 19.0. The molecule has 3 rings (SSSR count). The van der Waals surface area contributed by atoms with Gasteiger partial charge in [0.25, 0.3) is 0 Å². The van der Waals surface area contributed by atoms with E-state index in [-0.39, 0.29) is 17.9 Å². The lowest BCUT2D eigenvalue weighted by Crippen LogP contribution is -2.51. The summed E-state index contributed by atoms with van der Waals surface area (Å²) in [6, 6.07) is 2.15. The number of benzene rings is 1. The second kappa shape index (κ2) is 8.07. The van der Waals surface area contributed by atoms with Gasteiger partial charge in [-0.3, -0.25) is 15.5 Å². The highest BCUT2D eigenvalue weighted by molar-refractivity contribution is 7.10. The molecule has 3 N–H and O–H groups in total. The Labute approximate surface area is 164 Å². The van der Waals surface area contributed by atoms with Crippen molar-refractivity contribution in [2.75, 3.05) is 26.0 Å². The minimum Gasteiger partial charge on any atom is -0.497 e. The van der Waals surface area contributed by atoms with E-state index in [9.17, 15) is 18.4 Å². The molecule has 1 aromatic heterocycles. The van der Waals surface area contributed by atoms with Gasteiger partial charge >= 0.3 is 6.03 Å². The molecule has 1 aliphatic heterocycles. The van der Waals surface area contributed by atoms with Crippen LogP contribution in [0.5, 0.6) is 5.75 Å². The van der Waals surface area contributed by atoms with E-state index in [0.717, 1.165) is 29.4 Å². The van der Waals surface area contributed by atoms with Crippen molar-refractivity contribution in [3.05, 3.63) is 41.1 Å². The maximum Gasteiger partial charge on any atom is 0.334 e. The first-order valence-electron chi connectivity index (χ1n) is 8.34. The van der Waals surface area contributed by atoms with Crippen LogP contribution in [0.25, 0.3) is 0 Å². The fourth-order valence-corrected chi connectivity index (χ4v) is 3.72. The number of rotatable bonds is 5. The minimum atomic E-state index is -1.03. The number of hydrogen-bond donors (Lipinski definition) is 3. The van der Waals surface area contributed by atoms with Gasteiger partial charge in [-0.25, -0.2) is 19.0 Å². The Hall–Kier alpha value is -2.79. The molecule has 1 fully saturated rings. The van der Waals surface area contributed by atoms with Gasteiger partial charge in [0.05, 0.1) is 12.8 Å². The summed E-state index contributed by atoms with van der Waals surface area (Å²) in [7, 11) is 2.83. The highest BCUT2D eigenvalue weighted by Crippen LogP contribution is 2.33. The minimum absolute atomic E-state index is 0.0401. The van der Waals surface area contributed by atoms with E-state index in [1.807, 2.05) is 0 Å². The predicted molar refractivity (Wildman–Crippen MR) is 99.2 cm³/mol. The quantitative estimate of drug-likeness (QED) is 0.654. The van der Waals surface area contributed by atoms with Crippen LogP contribution in [0.3, 0.4) is 0 Å². The van der Waals surface area contributed by atoms with Crippen molar-refractivity contribution in [1.29, 1.82) is 0 Å². The number of aromatic nitrogens is 1. The Bertz CT molecular complexity index is 884. The maximum absolute atomic E-state index is 14.5. The van der Waals surface area contributed by atoms with Crippen LogP contribution in [0.2, 0.25) is 0 Å². The summed E-state index contributed by atoms with van der Waals surface area (Å²) >= 11 is 1.11. The summed E-state index contributed by atoms with van der Waals surface area (Å²) in [4.78, 5) is 25.8. The molecule has 2 atom stereocenters. The SMILES string of the molecule is COc1cc(F)c([C@@H]2CN(C)C(=O)[C@H]2NNC(=O)Nc2cc(C)ns2)c(F)c1. The Morgan fingerprint density at radius 3 is 2.57 bits per heavy atom. The van der Waals surface area contributed by atoms with E-state index < -0.39 is 35.5 Å². The van der Waals surface area contributed by atoms with E-state index in [1.165, 1.54) is 19.1 Å². The van der Waals surface area contributed by atoms with Gasteiger partial charge in [-0.2, -0.15) is 4.37 Å². The Balaban J connectivity index is 1.75. The van der Waals surface area contributed by atoms with Crippen LogP contribution in [0, 0.1) is 18.6 Å². The number of likely N-dealkylation sites (N-methyl/N-ethyl adjacent to an activating group) is 1. The first-order chi connectivity index (χ1) is 13.3. The predicted octanol–water partition coefficient (Wildman–Crippen LogP) is 1.99. The Morgan fingerprint density at radius 2 is 2.00 bits per heavy atom. The Morgan fingerprint density at radius 1 is 1.32 bits per heavy atom. The molecule has 150 valence electrons. The molecule has 0 spiro atoms. The van der Waals surface area contributed by atoms with Crippen LogP contribution in [-0.4, -0.2) is 48.0 Å². The number of aryl methyl sites for hydroxylation is 1. The molecular weight excluding hydrogens is 392 g/mol. The third-order valence-corrected chi connectivity index (χ3v) is 5.18. The number of hydrogen-bond acceptors (Lipinski definition) is 6. The van der Waals surface area contributed by atoms with E-state index in [0.29, 0.717) is 5.00 Å². The topological polar surface area (TPSA) is 95.6 Å². The maximum atomic E-state index is 14.5. The van der Waals surface area contributed by atoms with Crippen molar-refractivity contribution in [2.45, 2.75) is 18.9 Å². The second-order valence-corrected chi connectivity index (χ2v) is 7.17. The van der Waals surface area contributed by atoms with Crippen molar-refractivity contribution in [2.24, 2.45) is 0 Å². The molecular formula is C17H19F2N5O3S. The monoisotopic (exact) mass is 411 g/mol. The van der Waals surface area contributed by atoms with Crippen molar-refractivity contribution in [3.8, 4) is 5.75 Å². The van der Waals surface area contributed by atoms with Gasteiger partial charge in [0.1, 0.15) is 28.4 Å². The number of halogens is 2. The van der Waals surface area contributed by atoms with Crippen LogP contribution in [0.15, 0.2) is 18.2 Å². The largest absolute Gasteiger partial charge is 0.497 e. The summed E-state index contributed by atoms with van der Waals surface area (Å²) < 4.78 is 37.9. The number of likely N-dealkylation sites (tertiary alicyclic amines) is 1. The second-order valence-electron chi connectivity index (χ2n) is 6.36. The Kier molecular flexibility index (Phi) is 5.75. The molecule has 0 aliphatic carbocycles. The third kappa shape index (κ3) is 4.04. The fourth-order valence-electron chi connectivity index (χ4n) is 3.06. The van der Waals surface area contributed by atoms with Crippen molar-refractivity contribution in [1.82, 2.24) is 20.1 Å². The lowest BCUT2D eigenvalue weighted by Gasteiger charge is -2.20. The number of ether oxygens (including phenoxy) is 1. The number of carbonyl (C=O) groups excluding carboxylic acids is 2. The van der Waals surface area contributed by atoms with Crippen molar-refractivity contribution >= 4 is 28.5 Å². The standard InChI is InChI=1S/C17H19F2N5O3S/c1-8-4-13(28-23-8)20-17(26)22-21-15-10(7-24(2)16(15)25)14-11(18)5-9(27-3)6-12(14)19/h4-6,10,15,21H,7H2,1-3H3,(H2,20,22,26)/t10-,15-/m0/s1. The van der Waals surface area contributed by atoms with Crippen LogP contribution in [0.4, 0.5) is 18.6 Å². The van der Waals surface area contributed by atoms with Gasteiger partial charge in [0.2, 0.25) is 5.91 Å². The molecule has 11 heteroatoms. The molecule has 2 aromatic rings. The van der Waals surface area contributed by atoms with Crippen molar-refractivity contribution in [3.63, 3.8) is 0 Å². The van der Waals surface area contributed by atoms with Crippen LogP contribution in [0.1, 0.15) is 17.2 Å². The summed E-state index contributed by atoms with van der Waals surface area (Å²) in [5, 5.41) is 3.08. The summed E-state index contributed by atoms with van der Waals surface area (Å²) in [6.45, 7) is 1.88. The first kappa shape index (κ1) is 20.0. The molecule has 1 aliphatic rings. The van der Waals surface area contributed by atoms with E-state index >= 15 is 0 Å². The molecule has 1 aromatic carbocycles. The molecule has 8 nitrogen and oxygen atoms in total. The highest BCUT2D eigenvalue weighted by Gasteiger charge is 2.42. The molecule has 0 saturated carbocycles. The van der Waals surface area contributed by atoms with Crippen molar-refractivity contribution < 1.29 is 23.1 Å². The zero-order chi connectivity index (χ0) is 20.4. The van der Waals surface area contributed by atoms with Crippen LogP contribution < -0.4 is 20.9 Å². The zero-order valence-corrected chi connectivity index (χ0v) is 16.2. The number of methoxy groups -OCH3 is 1. The van der Waals surface area contributed by atoms with E-state index in [2.05, 4.69) is 20.5 Å². The molecule has 0 radical (unpaired) electrons. The number of hydrazine groups is 1. The lowest BCUT2D eigenvalue weighted by atomic mass is 9.93. The molecule has 0 unspecified atom stereocenters. The smallest absolute Gasteiger partial charge is 0.334 e. The first-order valence-corrected chi connectivity index (χ1v) is 9.11. The van der Waals surface area contributed by atoms with E-state index in [1.54, 1.807) is 13.0 Å². The average Bonchev–Trinajstić information content (AvgIpc) is 3.16. The number of amides is 3. The number of anilines is 1. The van der Waals surface area contributed by atoms with Gasteiger partial charge in [0.15, 0.2) is 0 Å². The van der Waals surface area contributed by atoms with Crippen LogP contribution in [-0.2, 0) is 4.79 Å².